The van der Waals surface area contributed by atoms with Gasteiger partial charge in [-0.15, -0.1) is 0 Å². The van der Waals surface area contributed by atoms with Crippen LogP contribution < -0.4 is 24.3 Å². The van der Waals surface area contributed by atoms with Crippen molar-refractivity contribution in [1.29, 1.82) is 0 Å². The summed E-state index contributed by atoms with van der Waals surface area (Å²) in [5, 5.41) is 8.48. The highest BCUT2D eigenvalue weighted by Gasteiger charge is 2.24. The molecule has 0 fully saturated rings. The smallest absolute Gasteiger partial charge is 0.231 e. The standard InChI is InChI=1S/C30H37N5O5/c1-9-20-18(3)34-35(30(4,5)6)29(20)33-28(36)16-23-25(37-7)13-19(17-32-23)40-24-11-12-31-22-15-27(39-10-2)26(38-8)14-21(22)24/h11-15,17H,9-10,16H2,1-8H3,(H,33,36). The van der Waals surface area contributed by atoms with Crippen molar-refractivity contribution >= 4 is 22.6 Å². The van der Waals surface area contributed by atoms with E-state index in [1.807, 2.05) is 30.7 Å². The van der Waals surface area contributed by atoms with Gasteiger partial charge in [0.15, 0.2) is 11.5 Å². The minimum Gasteiger partial charge on any atom is -0.495 e. The van der Waals surface area contributed by atoms with Crippen molar-refractivity contribution in [3.05, 3.63) is 53.6 Å². The quantitative estimate of drug-likeness (QED) is 0.264. The zero-order chi connectivity index (χ0) is 29.0. The molecule has 0 saturated carbocycles. The van der Waals surface area contributed by atoms with Crippen LogP contribution in [0, 0.1) is 6.92 Å². The minimum absolute atomic E-state index is 0.0244. The molecule has 1 aromatic carbocycles. The second-order valence-electron chi connectivity index (χ2n) is 10.3. The molecule has 10 heteroatoms. The molecule has 0 radical (unpaired) electrons. The number of nitrogens with one attached hydrogen (secondary N) is 1. The summed E-state index contributed by atoms with van der Waals surface area (Å²) in [5.41, 5.74) is 2.82. The Morgan fingerprint density at radius 1 is 1.00 bits per heavy atom. The van der Waals surface area contributed by atoms with Crippen molar-refractivity contribution in [1.82, 2.24) is 19.7 Å². The lowest BCUT2D eigenvalue weighted by Crippen LogP contribution is -2.27. The summed E-state index contributed by atoms with van der Waals surface area (Å²) in [6, 6.07) is 7.14. The number of nitrogens with zero attached hydrogens (tertiary/aromatic N) is 4. The van der Waals surface area contributed by atoms with Gasteiger partial charge in [0.2, 0.25) is 5.91 Å². The number of rotatable bonds is 10. The maximum Gasteiger partial charge on any atom is 0.231 e. The summed E-state index contributed by atoms with van der Waals surface area (Å²) in [5.74, 6) is 3.16. The third-order valence-corrected chi connectivity index (χ3v) is 6.40. The van der Waals surface area contributed by atoms with Crippen LogP contribution in [0.5, 0.6) is 28.7 Å². The third kappa shape index (κ3) is 5.95. The van der Waals surface area contributed by atoms with Crippen molar-refractivity contribution < 1.29 is 23.7 Å². The molecule has 40 heavy (non-hydrogen) atoms. The van der Waals surface area contributed by atoms with E-state index in [1.165, 1.54) is 7.11 Å². The van der Waals surface area contributed by atoms with E-state index >= 15 is 0 Å². The average molecular weight is 548 g/mol. The van der Waals surface area contributed by atoms with Crippen LogP contribution in [0.2, 0.25) is 0 Å². The van der Waals surface area contributed by atoms with Gasteiger partial charge in [0.05, 0.1) is 55.9 Å². The zero-order valence-corrected chi connectivity index (χ0v) is 24.4. The van der Waals surface area contributed by atoms with Gasteiger partial charge >= 0.3 is 0 Å². The highest BCUT2D eigenvalue weighted by molar-refractivity contribution is 5.92. The molecule has 0 aliphatic carbocycles. The first-order valence-electron chi connectivity index (χ1n) is 13.3. The number of amides is 1. The van der Waals surface area contributed by atoms with Gasteiger partial charge < -0.3 is 24.3 Å². The zero-order valence-electron chi connectivity index (χ0n) is 24.4. The molecule has 1 amide bonds. The summed E-state index contributed by atoms with van der Waals surface area (Å²) in [4.78, 5) is 22.1. The first kappa shape index (κ1) is 28.7. The molecule has 4 aromatic rings. The first-order valence-corrected chi connectivity index (χ1v) is 13.3. The number of carbonyl (C=O) groups excluding carboxylic acids is 1. The van der Waals surface area contributed by atoms with Crippen LogP contribution in [0.25, 0.3) is 10.9 Å². The van der Waals surface area contributed by atoms with E-state index in [-0.39, 0.29) is 17.9 Å². The number of fused-ring (bicyclic) bond motifs is 1. The van der Waals surface area contributed by atoms with Gasteiger partial charge in [0.25, 0.3) is 0 Å². The van der Waals surface area contributed by atoms with Crippen molar-refractivity contribution in [2.24, 2.45) is 0 Å². The fourth-order valence-electron chi connectivity index (χ4n) is 4.52. The molecule has 212 valence electrons. The molecule has 3 heterocycles. The number of pyridine rings is 2. The van der Waals surface area contributed by atoms with Crippen molar-refractivity contribution in [2.75, 3.05) is 26.1 Å². The topological polar surface area (TPSA) is 110 Å². The molecular weight excluding hydrogens is 510 g/mol. The van der Waals surface area contributed by atoms with Gasteiger partial charge in [-0.25, -0.2) is 4.68 Å². The van der Waals surface area contributed by atoms with Crippen LogP contribution in [-0.4, -0.2) is 46.5 Å². The summed E-state index contributed by atoms with van der Waals surface area (Å²) in [6.07, 6.45) is 4.02. The molecular formula is C30H37N5O5. The number of aromatic nitrogens is 4. The normalized spacial score (nSPS) is 11.4. The van der Waals surface area contributed by atoms with Crippen molar-refractivity contribution in [3.8, 4) is 28.7 Å². The van der Waals surface area contributed by atoms with Crippen molar-refractivity contribution in [3.63, 3.8) is 0 Å². The van der Waals surface area contributed by atoms with E-state index in [0.29, 0.717) is 52.4 Å². The number of methoxy groups -OCH3 is 2. The Morgan fingerprint density at radius 2 is 1.75 bits per heavy atom. The molecule has 0 unspecified atom stereocenters. The van der Waals surface area contributed by atoms with Gasteiger partial charge in [-0.2, -0.15) is 5.10 Å². The predicted molar refractivity (Wildman–Crippen MR) is 154 cm³/mol. The second-order valence-corrected chi connectivity index (χ2v) is 10.3. The molecule has 0 spiro atoms. The van der Waals surface area contributed by atoms with Crippen LogP contribution in [0.4, 0.5) is 5.82 Å². The Labute approximate surface area is 234 Å². The highest BCUT2D eigenvalue weighted by atomic mass is 16.5. The number of ether oxygens (including phenoxy) is 4. The fraction of sp³-hybridized carbons (Fsp3) is 0.400. The lowest BCUT2D eigenvalue weighted by atomic mass is 10.1. The van der Waals surface area contributed by atoms with E-state index in [2.05, 4.69) is 48.1 Å². The lowest BCUT2D eigenvalue weighted by molar-refractivity contribution is -0.115. The molecule has 3 aromatic heterocycles. The van der Waals surface area contributed by atoms with Crippen LogP contribution in [0.3, 0.4) is 0 Å². The molecule has 10 nitrogen and oxygen atoms in total. The number of hydrogen-bond acceptors (Lipinski definition) is 8. The SMILES string of the molecule is CCOc1cc2nccc(Oc3cnc(CC(=O)Nc4c(CC)c(C)nn4C(C)(C)C)c(OC)c3)c2cc1OC. The monoisotopic (exact) mass is 547 g/mol. The fourth-order valence-corrected chi connectivity index (χ4v) is 4.52. The number of anilines is 1. The number of carbonyl (C=O) groups is 1. The van der Waals surface area contributed by atoms with Crippen LogP contribution in [0.15, 0.2) is 36.7 Å². The van der Waals surface area contributed by atoms with E-state index in [1.54, 1.807) is 31.6 Å². The maximum absolute atomic E-state index is 13.2. The molecule has 0 aliphatic rings. The minimum atomic E-state index is -0.290. The number of benzene rings is 1. The van der Waals surface area contributed by atoms with E-state index in [4.69, 9.17) is 18.9 Å². The van der Waals surface area contributed by atoms with Crippen molar-refractivity contribution in [2.45, 2.75) is 59.9 Å². The Balaban J connectivity index is 1.58. The van der Waals surface area contributed by atoms with Gasteiger partial charge in [-0.05, 0) is 53.2 Å². The van der Waals surface area contributed by atoms with Gasteiger partial charge in [0.1, 0.15) is 23.1 Å². The van der Waals surface area contributed by atoms with E-state index in [0.717, 1.165) is 23.1 Å². The average Bonchev–Trinajstić information content (AvgIpc) is 3.24. The molecule has 1 N–H and O–H groups in total. The Morgan fingerprint density at radius 3 is 2.40 bits per heavy atom. The summed E-state index contributed by atoms with van der Waals surface area (Å²) in [6.45, 7) is 12.6. The number of aryl methyl sites for hydroxylation is 1. The Bertz CT molecular complexity index is 1520. The Hall–Kier alpha value is -4.34. The second kappa shape index (κ2) is 11.8. The first-order chi connectivity index (χ1) is 19.1. The van der Waals surface area contributed by atoms with Gasteiger partial charge in [-0.3, -0.25) is 14.8 Å². The molecule has 0 aliphatic heterocycles. The highest BCUT2D eigenvalue weighted by Crippen LogP contribution is 2.37. The van der Waals surface area contributed by atoms with Crippen LogP contribution >= 0.6 is 0 Å². The molecule has 0 bridgehead atoms. The summed E-state index contributed by atoms with van der Waals surface area (Å²) >= 11 is 0. The maximum atomic E-state index is 13.2. The third-order valence-electron chi connectivity index (χ3n) is 6.40. The predicted octanol–water partition coefficient (Wildman–Crippen LogP) is 5.84. The van der Waals surface area contributed by atoms with Gasteiger partial charge in [0, 0.05) is 29.3 Å². The van der Waals surface area contributed by atoms with E-state index in [9.17, 15) is 4.79 Å². The summed E-state index contributed by atoms with van der Waals surface area (Å²) in [7, 11) is 3.13. The molecule has 4 rings (SSSR count). The van der Waals surface area contributed by atoms with Crippen LogP contribution in [0.1, 0.15) is 51.6 Å². The lowest BCUT2D eigenvalue weighted by Gasteiger charge is -2.23. The van der Waals surface area contributed by atoms with E-state index < -0.39 is 0 Å². The molecule has 0 atom stereocenters. The summed E-state index contributed by atoms with van der Waals surface area (Å²) < 4.78 is 24.8. The van der Waals surface area contributed by atoms with Crippen LogP contribution in [-0.2, 0) is 23.2 Å². The van der Waals surface area contributed by atoms with Gasteiger partial charge in [-0.1, -0.05) is 6.92 Å². The largest absolute Gasteiger partial charge is 0.495 e. The molecule has 0 saturated heterocycles. The number of hydrogen-bond donors (Lipinski definition) is 1. The Kier molecular flexibility index (Phi) is 8.46.